The number of hydrogen-bond donors (Lipinski definition) is 0. The fraction of sp³-hybridized carbons (Fsp3) is 0.400. The number of amides is 1. The molecule has 1 unspecified atom stereocenters. The van der Waals surface area contributed by atoms with E-state index >= 15 is 0 Å². The van der Waals surface area contributed by atoms with E-state index in [1.54, 1.807) is 10.6 Å². The highest BCUT2D eigenvalue weighted by Crippen LogP contribution is 2.24. The highest BCUT2D eigenvalue weighted by molar-refractivity contribution is 5.79. The van der Waals surface area contributed by atoms with Gasteiger partial charge in [-0.05, 0) is 56.5 Å². The molecule has 2 aromatic carbocycles. The molecule has 0 N–H and O–H groups in total. The molecule has 0 bridgehead atoms. The molecule has 0 spiro atoms. The summed E-state index contributed by atoms with van der Waals surface area (Å²) in [6.07, 6.45) is 3.28. The van der Waals surface area contributed by atoms with E-state index in [1.165, 1.54) is 5.56 Å². The maximum Gasteiger partial charge on any atom is 0.266 e. The smallest absolute Gasteiger partial charge is 0.266 e. The van der Waals surface area contributed by atoms with E-state index in [1.807, 2.05) is 61.2 Å². The summed E-state index contributed by atoms with van der Waals surface area (Å²) in [5.41, 5.74) is 2.53. The van der Waals surface area contributed by atoms with Crippen molar-refractivity contribution < 1.29 is 4.79 Å². The quantitative estimate of drug-likeness (QED) is 0.527. The van der Waals surface area contributed by atoms with Crippen LogP contribution in [0.3, 0.4) is 0 Å². The molecule has 5 nitrogen and oxygen atoms in total. The first-order chi connectivity index (χ1) is 14.5. The Morgan fingerprint density at radius 2 is 1.77 bits per heavy atom. The van der Waals surface area contributed by atoms with E-state index in [0.29, 0.717) is 29.7 Å². The van der Waals surface area contributed by atoms with Gasteiger partial charge in [-0.2, -0.15) is 0 Å². The van der Waals surface area contributed by atoms with Gasteiger partial charge < -0.3 is 4.90 Å². The summed E-state index contributed by atoms with van der Waals surface area (Å²) in [4.78, 5) is 33.0. The molecule has 1 amide bonds. The van der Waals surface area contributed by atoms with Gasteiger partial charge in [-0.1, -0.05) is 44.5 Å². The molecule has 3 aromatic rings. The predicted molar refractivity (Wildman–Crippen MR) is 122 cm³/mol. The third-order valence-corrected chi connectivity index (χ3v) is 5.65. The molecule has 1 aromatic heterocycles. The Kier molecular flexibility index (Phi) is 7.03. The van der Waals surface area contributed by atoms with Crippen molar-refractivity contribution in [3.63, 3.8) is 0 Å². The molecule has 1 heterocycles. The Labute approximate surface area is 178 Å². The number of fused-ring (bicyclic) bond motifs is 1. The first kappa shape index (κ1) is 21.8. The molecular weight excluding hydrogens is 374 g/mol. The van der Waals surface area contributed by atoms with Crippen LogP contribution in [0, 0.1) is 0 Å². The van der Waals surface area contributed by atoms with Crippen LogP contribution in [0.2, 0.25) is 0 Å². The fourth-order valence-corrected chi connectivity index (χ4v) is 3.84. The summed E-state index contributed by atoms with van der Waals surface area (Å²) in [5.74, 6) is 0.691. The Bertz CT molecular complexity index is 1070. The molecule has 0 saturated carbocycles. The summed E-state index contributed by atoms with van der Waals surface area (Å²) < 4.78 is 1.67. The van der Waals surface area contributed by atoms with E-state index in [-0.39, 0.29) is 17.5 Å². The van der Waals surface area contributed by atoms with Crippen molar-refractivity contribution in [3.8, 4) is 5.69 Å². The summed E-state index contributed by atoms with van der Waals surface area (Å²) in [6.45, 7) is 8.69. The topological polar surface area (TPSA) is 55.2 Å². The van der Waals surface area contributed by atoms with Gasteiger partial charge in [0.25, 0.3) is 5.56 Å². The van der Waals surface area contributed by atoms with Gasteiger partial charge in [0.2, 0.25) is 5.91 Å². The second kappa shape index (κ2) is 9.70. The monoisotopic (exact) mass is 405 g/mol. The number of benzene rings is 2. The van der Waals surface area contributed by atoms with Gasteiger partial charge in [0, 0.05) is 13.0 Å². The van der Waals surface area contributed by atoms with Gasteiger partial charge in [-0.3, -0.25) is 14.2 Å². The molecule has 0 aliphatic heterocycles. The largest absolute Gasteiger partial charge is 0.333 e. The number of nitrogens with zero attached hydrogens (tertiary/aromatic N) is 3. The highest BCUT2D eigenvalue weighted by Gasteiger charge is 2.25. The van der Waals surface area contributed by atoms with Crippen LogP contribution in [-0.4, -0.2) is 26.9 Å². The first-order valence-electron chi connectivity index (χ1n) is 10.9. The van der Waals surface area contributed by atoms with Crippen molar-refractivity contribution in [2.45, 2.75) is 59.4 Å². The minimum absolute atomic E-state index is 0.0992. The molecule has 3 rings (SSSR count). The highest BCUT2D eigenvalue weighted by atomic mass is 16.2. The molecule has 0 saturated heterocycles. The van der Waals surface area contributed by atoms with E-state index < -0.39 is 0 Å². The normalized spacial score (nSPS) is 12.1. The van der Waals surface area contributed by atoms with E-state index in [2.05, 4.69) is 13.8 Å². The van der Waals surface area contributed by atoms with E-state index in [9.17, 15) is 9.59 Å². The van der Waals surface area contributed by atoms with Crippen LogP contribution < -0.4 is 5.56 Å². The molecule has 1 atom stereocenters. The molecular formula is C25H31N3O2. The molecule has 0 fully saturated rings. The SMILES string of the molecule is CCCCC(=O)N(CC)C(C)c1nc2ccccc2c(=O)n1-c1ccc(CC)cc1. The zero-order valence-corrected chi connectivity index (χ0v) is 18.4. The van der Waals surface area contributed by atoms with Crippen molar-refractivity contribution in [2.24, 2.45) is 0 Å². The lowest BCUT2D eigenvalue weighted by Crippen LogP contribution is -2.37. The van der Waals surface area contributed by atoms with Gasteiger partial charge in [-0.15, -0.1) is 0 Å². The number of carbonyl (C=O) groups is 1. The first-order valence-corrected chi connectivity index (χ1v) is 10.9. The number of carbonyl (C=O) groups excluding carboxylic acids is 1. The summed E-state index contributed by atoms with van der Waals surface area (Å²) in [6, 6.07) is 15.1. The lowest BCUT2D eigenvalue weighted by atomic mass is 10.1. The fourth-order valence-electron chi connectivity index (χ4n) is 3.84. The maximum absolute atomic E-state index is 13.5. The molecule has 30 heavy (non-hydrogen) atoms. The lowest BCUT2D eigenvalue weighted by molar-refractivity contribution is -0.133. The van der Waals surface area contributed by atoms with Crippen LogP contribution in [0.4, 0.5) is 0 Å². The number of unbranched alkanes of at least 4 members (excludes halogenated alkanes) is 1. The van der Waals surface area contributed by atoms with Crippen LogP contribution >= 0.6 is 0 Å². The van der Waals surface area contributed by atoms with Crippen molar-refractivity contribution >= 4 is 16.8 Å². The molecule has 0 aliphatic carbocycles. The van der Waals surface area contributed by atoms with Crippen LogP contribution in [0.15, 0.2) is 53.3 Å². The third kappa shape index (κ3) is 4.30. The number of rotatable bonds is 8. The Morgan fingerprint density at radius 1 is 1.07 bits per heavy atom. The average molecular weight is 406 g/mol. The Morgan fingerprint density at radius 3 is 2.40 bits per heavy atom. The lowest BCUT2D eigenvalue weighted by Gasteiger charge is -2.29. The molecule has 0 radical (unpaired) electrons. The van der Waals surface area contributed by atoms with Crippen molar-refractivity contribution in [2.75, 3.05) is 6.54 Å². The van der Waals surface area contributed by atoms with E-state index in [4.69, 9.17) is 4.98 Å². The predicted octanol–water partition coefficient (Wildman–Crippen LogP) is 5.05. The van der Waals surface area contributed by atoms with Crippen LogP contribution in [0.25, 0.3) is 16.6 Å². The maximum atomic E-state index is 13.5. The summed E-state index contributed by atoms with van der Waals surface area (Å²) in [7, 11) is 0. The third-order valence-electron chi connectivity index (χ3n) is 5.65. The molecule has 0 aliphatic rings. The summed E-state index contributed by atoms with van der Waals surface area (Å²) in [5, 5.41) is 0.577. The van der Waals surface area contributed by atoms with E-state index in [0.717, 1.165) is 24.9 Å². The van der Waals surface area contributed by atoms with Crippen LogP contribution in [0.5, 0.6) is 0 Å². The average Bonchev–Trinajstić information content (AvgIpc) is 2.78. The minimum Gasteiger partial charge on any atom is -0.333 e. The second-order valence-electron chi connectivity index (χ2n) is 7.61. The summed E-state index contributed by atoms with van der Waals surface area (Å²) >= 11 is 0. The minimum atomic E-state index is -0.317. The molecule has 158 valence electrons. The van der Waals surface area contributed by atoms with Gasteiger partial charge in [-0.25, -0.2) is 4.98 Å². The van der Waals surface area contributed by atoms with Crippen molar-refractivity contribution in [3.05, 3.63) is 70.3 Å². The van der Waals surface area contributed by atoms with Gasteiger partial charge in [0.1, 0.15) is 5.82 Å². The van der Waals surface area contributed by atoms with Crippen LogP contribution in [-0.2, 0) is 11.2 Å². The Hall–Kier alpha value is -2.95. The Balaban J connectivity index is 2.18. The van der Waals surface area contributed by atoms with Gasteiger partial charge in [0.15, 0.2) is 0 Å². The number of aromatic nitrogens is 2. The number of hydrogen-bond acceptors (Lipinski definition) is 3. The van der Waals surface area contributed by atoms with Gasteiger partial charge >= 0.3 is 0 Å². The van der Waals surface area contributed by atoms with Crippen molar-refractivity contribution in [1.82, 2.24) is 14.5 Å². The zero-order valence-electron chi connectivity index (χ0n) is 18.4. The molecule has 5 heteroatoms. The standard InChI is InChI=1S/C25H31N3O2/c1-5-8-13-23(29)27(7-3)18(4)24-26-22-12-10-9-11-21(22)25(30)28(24)20-16-14-19(6-2)15-17-20/h9-12,14-18H,5-8,13H2,1-4H3. The van der Waals surface area contributed by atoms with Gasteiger partial charge in [0.05, 0.1) is 22.6 Å². The zero-order chi connectivity index (χ0) is 21.7. The number of para-hydroxylation sites is 1. The second-order valence-corrected chi connectivity index (χ2v) is 7.61. The number of aryl methyl sites for hydroxylation is 1. The van der Waals surface area contributed by atoms with Crippen LogP contribution in [0.1, 0.15) is 64.4 Å². The van der Waals surface area contributed by atoms with Crippen molar-refractivity contribution in [1.29, 1.82) is 0 Å².